The molecule has 0 N–H and O–H groups in total. The summed E-state index contributed by atoms with van der Waals surface area (Å²) < 4.78 is 3.84. The molecule has 4 aromatic rings. The van der Waals surface area contributed by atoms with Crippen LogP contribution in [0.3, 0.4) is 0 Å². The van der Waals surface area contributed by atoms with Gasteiger partial charge in [0.2, 0.25) is 0 Å². The molecule has 0 aliphatic rings. The molecule has 2 aromatic heterocycles. The van der Waals surface area contributed by atoms with Crippen LogP contribution in [0.5, 0.6) is 0 Å². The van der Waals surface area contributed by atoms with E-state index in [0.717, 1.165) is 22.5 Å². The standard InChI is InChI=1S/C18H12Cl2N4/c19-13-3-1-5-15(23-9-7-21-11-23)17(13)18-14(20)4-2-6-16(18)24-10-8-22-12-24/h1-12H. The molecule has 2 aromatic carbocycles. The fraction of sp³-hybridized carbons (Fsp3) is 0. The van der Waals surface area contributed by atoms with E-state index in [9.17, 15) is 0 Å². The molecule has 0 fully saturated rings. The van der Waals surface area contributed by atoms with E-state index < -0.39 is 0 Å². The zero-order valence-corrected chi connectivity index (χ0v) is 14.0. The SMILES string of the molecule is Clc1cccc(-n2ccnc2)c1-c1c(Cl)cccc1-n1ccnc1. The first-order valence-corrected chi connectivity index (χ1v) is 8.05. The summed E-state index contributed by atoms with van der Waals surface area (Å²) in [5.74, 6) is 0. The maximum Gasteiger partial charge on any atom is 0.0991 e. The van der Waals surface area contributed by atoms with Crippen LogP contribution < -0.4 is 0 Å². The summed E-state index contributed by atoms with van der Waals surface area (Å²) >= 11 is 13.1. The van der Waals surface area contributed by atoms with Gasteiger partial charge in [0.05, 0.1) is 34.1 Å². The van der Waals surface area contributed by atoms with Crippen LogP contribution in [0, 0.1) is 0 Å². The van der Waals surface area contributed by atoms with Gasteiger partial charge in [-0.05, 0) is 24.3 Å². The van der Waals surface area contributed by atoms with Crippen molar-refractivity contribution in [2.45, 2.75) is 0 Å². The molecule has 24 heavy (non-hydrogen) atoms. The highest BCUT2D eigenvalue weighted by molar-refractivity contribution is 6.37. The van der Waals surface area contributed by atoms with Crippen molar-refractivity contribution in [2.24, 2.45) is 0 Å². The molecule has 118 valence electrons. The lowest BCUT2D eigenvalue weighted by Crippen LogP contribution is -2.00. The lowest BCUT2D eigenvalue weighted by Gasteiger charge is -2.17. The Morgan fingerprint density at radius 1 is 0.667 bits per heavy atom. The number of aromatic nitrogens is 4. The lowest BCUT2D eigenvalue weighted by atomic mass is 10.0. The van der Waals surface area contributed by atoms with Gasteiger partial charge in [-0.3, -0.25) is 0 Å². The van der Waals surface area contributed by atoms with Gasteiger partial charge in [0, 0.05) is 35.9 Å². The van der Waals surface area contributed by atoms with Gasteiger partial charge in [-0.15, -0.1) is 0 Å². The minimum atomic E-state index is 0.621. The summed E-state index contributed by atoms with van der Waals surface area (Å²) in [6, 6.07) is 11.5. The van der Waals surface area contributed by atoms with Crippen LogP contribution in [0.1, 0.15) is 0 Å². The maximum atomic E-state index is 6.57. The maximum absolute atomic E-state index is 6.57. The Balaban J connectivity index is 2.05. The van der Waals surface area contributed by atoms with Gasteiger partial charge < -0.3 is 9.13 Å². The molecule has 0 amide bonds. The van der Waals surface area contributed by atoms with Crippen LogP contribution in [0.2, 0.25) is 10.0 Å². The first-order chi connectivity index (χ1) is 11.8. The van der Waals surface area contributed by atoms with Gasteiger partial charge in [0.1, 0.15) is 0 Å². The Kier molecular flexibility index (Phi) is 3.84. The van der Waals surface area contributed by atoms with Crippen LogP contribution in [0.4, 0.5) is 0 Å². The highest BCUT2D eigenvalue weighted by Gasteiger charge is 2.18. The van der Waals surface area contributed by atoms with Crippen LogP contribution >= 0.6 is 23.2 Å². The van der Waals surface area contributed by atoms with Gasteiger partial charge in [-0.25, -0.2) is 9.97 Å². The predicted octanol–water partition coefficient (Wildman–Crippen LogP) is 5.03. The van der Waals surface area contributed by atoms with Crippen molar-refractivity contribution in [3.05, 3.63) is 83.9 Å². The second-order valence-electron chi connectivity index (χ2n) is 5.21. The number of nitrogens with zero attached hydrogens (tertiary/aromatic N) is 4. The molecule has 6 heteroatoms. The molecule has 4 rings (SSSR count). The van der Waals surface area contributed by atoms with Crippen molar-refractivity contribution in [3.63, 3.8) is 0 Å². The number of benzene rings is 2. The molecule has 4 nitrogen and oxygen atoms in total. The molecule has 2 heterocycles. The summed E-state index contributed by atoms with van der Waals surface area (Å²) in [6.07, 6.45) is 10.7. The second-order valence-corrected chi connectivity index (χ2v) is 6.02. The van der Waals surface area contributed by atoms with Crippen molar-refractivity contribution in [3.8, 4) is 22.5 Å². The summed E-state index contributed by atoms with van der Waals surface area (Å²) in [6.45, 7) is 0. The third-order valence-electron chi connectivity index (χ3n) is 3.80. The molecule has 0 aliphatic heterocycles. The summed E-state index contributed by atoms with van der Waals surface area (Å²) in [4.78, 5) is 8.26. The molecule has 0 bridgehead atoms. The van der Waals surface area contributed by atoms with Gasteiger partial charge in [-0.2, -0.15) is 0 Å². The average Bonchev–Trinajstić information content (AvgIpc) is 3.29. The van der Waals surface area contributed by atoms with E-state index >= 15 is 0 Å². The monoisotopic (exact) mass is 354 g/mol. The molecule has 0 atom stereocenters. The molecule has 0 radical (unpaired) electrons. The first-order valence-electron chi connectivity index (χ1n) is 7.30. The minimum absolute atomic E-state index is 0.621. The van der Waals surface area contributed by atoms with Crippen LogP contribution in [0.15, 0.2) is 73.8 Å². The van der Waals surface area contributed by atoms with Crippen molar-refractivity contribution in [1.82, 2.24) is 19.1 Å². The van der Waals surface area contributed by atoms with Crippen LogP contribution in [-0.4, -0.2) is 19.1 Å². The highest BCUT2D eigenvalue weighted by Crippen LogP contribution is 2.41. The van der Waals surface area contributed by atoms with Crippen molar-refractivity contribution in [1.29, 1.82) is 0 Å². The fourth-order valence-electron chi connectivity index (χ4n) is 2.75. The number of rotatable bonds is 3. The average molecular weight is 355 g/mol. The van der Waals surface area contributed by atoms with E-state index in [1.165, 1.54) is 0 Å². The molecule has 0 saturated carbocycles. The number of hydrogen-bond acceptors (Lipinski definition) is 2. The summed E-state index contributed by atoms with van der Waals surface area (Å²) in [5, 5.41) is 1.24. The number of imidazole rings is 2. The Labute approximate surface area is 148 Å². The Hall–Kier alpha value is -2.56. The third kappa shape index (κ3) is 2.50. The second kappa shape index (κ2) is 6.15. The molecule has 0 unspecified atom stereocenters. The fourth-order valence-corrected chi connectivity index (χ4v) is 3.28. The first kappa shape index (κ1) is 15.0. The summed E-state index contributed by atoms with van der Waals surface area (Å²) in [7, 11) is 0. The summed E-state index contributed by atoms with van der Waals surface area (Å²) in [5.41, 5.74) is 3.53. The van der Waals surface area contributed by atoms with Crippen LogP contribution in [0.25, 0.3) is 22.5 Å². The van der Waals surface area contributed by atoms with E-state index in [2.05, 4.69) is 9.97 Å². The molecular weight excluding hydrogens is 343 g/mol. The highest BCUT2D eigenvalue weighted by atomic mass is 35.5. The Morgan fingerprint density at radius 2 is 1.12 bits per heavy atom. The lowest BCUT2D eigenvalue weighted by molar-refractivity contribution is 1.04. The van der Waals surface area contributed by atoms with E-state index in [1.54, 1.807) is 25.0 Å². The van der Waals surface area contributed by atoms with Crippen molar-refractivity contribution in [2.75, 3.05) is 0 Å². The van der Waals surface area contributed by atoms with E-state index in [-0.39, 0.29) is 0 Å². The van der Waals surface area contributed by atoms with E-state index in [4.69, 9.17) is 23.2 Å². The normalized spacial score (nSPS) is 10.9. The number of halogens is 2. The molecule has 0 spiro atoms. The van der Waals surface area contributed by atoms with Gasteiger partial charge in [0.15, 0.2) is 0 Å². The largest absolute Gasteiger partial charge is 0.306 e. The van der Waals surface area contributed by atoms with Crippen molar-refractivity contribution >= 4 is 23.2 Å². The van der Waals surface area contributed by atoms with E-state index in [1.807, 2.05) is 57.9 Å². The zero-order chi connectivity index (χ0) is 16.5. The molecule has 0 aliphatic carbocycles. The quantitative estimate of drug-likeness (QED) is 0.517. The number of hydrogen-bond donors (Lipinski definition) is 0. The molecule has 0 saturated heterocycles. The Bertz CT molecular complexity index is 895. The topological polar surface area (TPSA) is 35.6 Å². The molecular formula is C18H12Cl2N4. The van der Waals surface area contributed by atoms with Gasteiger partial charge in [-0.1, -0.05) is 35.3 Å². The third-order valence-corrected chi connectivity index (χ3v) is 4.43. The predicted molar refractivity (Wildman–Crippen MR) is 96.1 cm³/mol. The Morgan fingerprint density at radius 3 is 1.50 bits per heavy atom. The van der Waals surface area contributed by atoms with Gasteiger partial charge >= 0.3 is 0 Å². The van der Waals surface area contributed by atoms with Crippen LogP contribution in [-0.2, 0) is 0 Å². The zero-order valence-electron chi connectivity index (χ0n) is 12.5. The van der Waals surface area contributed by atoms with Gasteiger partial charge in [0.25, 0.3) is 0 Å². The smallest absolute Gasteiger partial charge is 0.0991 e. The van der Waals surface area contributed by atoms with E-state index in [0.29, 0.717) is 10.0 Å². The minimum Gasteiger partial charge on any atom is -0.306 e. The van der Waals surface area contributed by atoms with Crippen molar-refractivity contribution < 1.29 is 0 Å².